The van der Waals surface area contributed by atoms with Crippen LogP contribution in [-0.2, 0) is 19.6 Å². The summed E-state index contributed by atoms with van der Waals surface area (Å²) in [6.45, 7) is -0.329. The second-order valence-corrected chi connectivity index (χ2v) is 7.11. The van der Waals surface area contributed by atoms with Crippen LogP contribution >= 0.6 is 31.9 Å². The molecule has 0 atom stereocenters. The largest absolute Gasteiger partial charge is 0.464 e. The lowest BCUT2D eigenvalue weighted by molar-refractivity contribution is -0.142. The highest BCUT2D eigenvalue weighted by atomic mass is 79.9. The Balaban J connectivity index is 3.61. The van der Waals surface area contributed by atoms with E-state index in [9.17, 15) is 13.2 Å². The molecular weight excluding hydrogens is 332 g/mol. The van der Waals surface area contributed by atoms with Crippen LogP contribution in [0.4, 0.5) is 0 Å². The van der Waals surface area contributed by atoms with Crippen molar-refractivity contribution in [2.45, 2.75) is 10.2 Å². The molecule has 0 unspecified atom stereocenters. The van der Waals surface area contributed by atoms with Gasteiger partial charge in [0, 0.05) is 0 Å². The first-order valence-corrected chi connectivity index (χ1v) is 6.64. The molecule has 78 valence electrons. The van der Waals surface area contributed by atoms with Crippen LogP contribution in [0.1, 0.15) is 6.42 Å². The van der Waals surface area contributed by atoms with Crippen molar-refractivity contribution in [3.05, 3.63) is 0 Å². The van der Waals surface area contributed by atoms with Crippen LogP contribution < -0.4 is 0 Å². The van der Waals surface area contributed by atoms with Gasteiger partial charge >= 0.3 is 5.97 Å². The van der Waals surface area contributed by atoms with E-state index >= 15 is 0 Å². The number of carbonyl (C=O) groups excluding carboxylic acids is 1. The number of hydrogen-bond donors (Lipinski definition) is 1. The number of alkyl halides is 2. The maximum Gasteiger partial charge on any atom is 0.307 e. The van der Waals surface area contributed by atoms with Gasteiger partial charge in [-0.1, -0.05) is 31.9 Å². The van der Waals surface area contributed by atoms with Crippen LogP contribution in [-0.4, -0.2) is 35.0 Å². The molecule has 13 heavy (non-hydrogen) atoms. The minimum atomic E-state index is -4.05. The van der Waals surface area contributed by atoms with Gasteiger partial charge in [-0.05, 0) is 0 Å². The Kier molecular flexibility index (Phi) is 6.10. The first-order chi connectivity index (χ1) is 5.81. The Morgan fingerprint density at radius 1 is 1.46 bits per heavy atom. The van der Waals surface area contributed by atoms with Crippen molar-refractivity contribution in [3.63, 3.8) is 0 Å². The van der Waals surface area contributed by atoms with Crippen LogP contribution in [0.3, 0.4) is 0 Å². The van der Waals surface area contributed by atoms with Gasteiger partial charge in [-0.25, -0.2) is 0 Å². The standard InChI is InChI=1S/C5H8Br2O5S/c6-4(7)3-5(8)12-1-2-13(9,10)11/h4H,1-3H2,(H,9,10,11). The Labute approximate surface area is 92.8 Å². The highest BCUT2D eigenvalue weighted by Crippen LogP contribution is 2.12. The summed E-state index contributed by atoms with van der Waals surface area (Å²) < 4.78 is 32.9. The van der Waals surface area contributed by atoms with Crippen LogP contribution in [0.2, 0.25) is 0 Å². The molecular formula is C5H8Br2O5S. The van der Waals surface area contributed by atoms with Crippen molar-refractivity contribution in [2.24, 2.45) is 0 Å². The van der Waals surface area contributed by atoms with E-state index in [2.05, 4.69) is 36.6 Å². The van der Waals surface area contributed by atoms with Crippen molar-refractivity contribution in [1.82, 2.24) is 0 Å². The second-order valence-electron chi connectivity index (χ2n) is 2.10. The summed E-state index contributed by atoms with van der Waals surface area (Å²) in [6, 6.07) is 0. The summed E-state index contributed by atoms with van der Waals surface area (Å²) in [5.74, 6) is -1.11. The highest BCUT2D eigenvalue weighted by molar-refractivity contribution is 9.24. The van der Waals surface area contributed by atoms with Gasteiger partial charge in [0.2, 0.25) is 0 Å². The van der Waals surface area contributed by atoms with E-state index in [0.717, 1.165) is 0 Å². The Morgan fingerprint density at radius 2 is 2.00 bits per heavy atom. The van der Waals surface area contributed by atoms with Crippen molar-refractivity contribution in [1.29, 1.82) is 0 Å². The Hall–Kier alpha value is 0.340. The second kappa shape index (κ2) is 5.94. The molecule has 0 aromatic carbocycles. The molecule has 0 rings (SSSR count). The minimum Gasteiger partial charge on any atom is -0.464 e. The molecule has 0 amide bonds. The van der Waals surface area contributed by atoms with Gasteiger partial charge in [-0.2, -0.15) is 8.42 Å². The summed E-state index contributed by atoms with van der Waals surface area (Å²) in [4.78, 5) is 10.8. The van der Waals surface area contributed by atoms with Crippen molar-refractivity contribution in [3.8, 4) is 0 Å². The van der Waals surface area contributed by atoms with Crippen LogP contribution in [0.5, 0.6) is 0 Å². The summed E-state index contributed by atoms with van der Waals surface area (Å²) in [5, 5.41) is 0. The third-order valence-electron chi connectivity index (χ3n) is 0.925. The molecule has 0 aromatic rings. The monoisotopic (exact) mass is 338 g/mol. The lowest BCUT2D eigenvalue weighted by Gasteiger charge is -2.03. The van der Waals surface area contributed by atoms with Gasteiger partial charge in [0.15, 0.2) is 0 Å². The molecule has 0 radical (unpaired) electrons. The van der Waals surface area contributed by atoms with E-state index in [1.54, 1.807) is 0 Å². The molecule has 8 heteroatoms. The molecule has 0 saturated carbocycles. The molecule has 0 aliphatic heterocycles. The van der Waals surface area contributed by atoms with E-state index in [-0.39, 0.29) is 16.8 Å². The lowest BCUT2D eigenvalue weighted by atomic mass is 10.5. The number of halogens is 2. The summed E-state index contributed by atoms with van der Waals surface area (Å²) in [6.07, 6.45) is 0.0888. The number of esters is 1. The number of ether oxygens (including phenoxy) is 1. The van der Waals surface area contributed by atoms with Gasteiger partial charge in [-0.15, -0.1) is 0 Å². The number of hydrogen-bond acceptors (Lipinski definition) is 4. The van der Waals surface area contributed by atoms with E-state index in [0.29, 0.717) is 0 Å². The van der Waals surface area contributed by atoms with Gasteiger partial charge in [0.1, 0.15) is 12.4 Å². The molecule has 0 fully saturated rings. The molecule has 0 aliphatic rings. The lowest BCUT2D eigenvalue weighted by Crippen LogP contribution is -2.15. The molecule has 0 heterocycles. The third kappa shape index (κ3) is 10.3. The van der Waals surface area contributed by atoms with E-state index < -0.39 is 21.8 Å². The van der Waals surface area contributed by atoms with Gasteiger partial charge in [0.05, 0.1) is 10.2 Å². The maximum absolute atomic E-state index is 10.8. The zero-order valence-electron chi connectivity index (χ0n) is 6.44. The van der Waals surface area contributed by atoms with Gasteiger partial charge < -0.3 is 4.74 Å². The molecule has 1 N–H and O–H groups in total. The first kappa shape index (κ1) is 13.3. The fourth-order valence-corrected chi connectivity index (χ4v) is 1.27. The molecule has 0 aliphatic carbocycles. The number of rotatable bonds is 5. The molecule has 5 nitrogen and oxygen atoms in total. The zero-order chi connectivity index (χ0) is 10.5. The van der Waals surface area contributed by atoms with Gasteiger partial charge in [-0.3, -0.25) is 9.35 Å². The summed E-state index contributed by atoms with van der Waals surface area (Å²) >= 11 is 6.11. The fourth-order valence-electron chi connectivity index (χ4n) is 0.446. The van der Waals surface area contributed by atoms with Crippen molar-refractivity contribution >= 4 is 47.9 Å². The summed E-state index contributed by atoms with van der Waals surface area (Å²) in [5.41, 5.74) is 0. The van der Waals surface area contributed by atoms with E-state index in [4.69, 9.17) is 4.55 Å². The first-order valence-electron chi connectivity index (χ1n) is 3.20. The molecule has 0 bridgehead atoms. The summed E-state index contributed by atoms with van der Waals surface area (Å²) in [7, 11) is -4.05. The molecule has 0 spiro atoms. The van der Waals surface area contributed by atoms with Crippen molar-refractivity contribution in [2.75, 3.05) is 12.4 Å². The van der Waals surface area contributed by atoms with Crippen LogP contribution in [0.15, 0.2) is 0 Å². The van der Waals surface area contributed by atoms with Crippen molar-refractivity contribution < 1.29 is 22.5 Å². The third-order valence-corrected chi connectivity index (χ3v) is 2.26. The van der Waals surface area contributed by atoms with E-state index in [1.807, 2.05) is 0 Å². The smallest absolute Gasteiger partial charge is 0.307 e. The zero-order valence-corrected chi connectivity index (χ0v) is 10.4. The SMILES string of the molecule is O=C(CC(Br)Br)OCCS(=O)(=O)O. The normalized spacial score (nSPS) is 11.7. The van der Waals surface area contributed by atoms with Crippen LogP contribution in [0.25, 0.3) is 0 Å². The van der Waals surface area contributed by atoms with E-state index in [1.165, 1.54) is 0 Å². The predicted molar refractivity (Wildman–Crippen MR) is 53.6 cm³/mol. The maximum atomic E-state index is 10.8. The minimum absolute atomic E-state index is 0.0888. The fraction of sp³-hybridized carbons (Fsp3) is 0.800. The quantitative estimate of drug-likeness (QED) is 0.457. The Morgan fingerprint density at radius 3 is 2.38 bits per heavy atom. The number of carbonyl (C=O) groups is 1. The van der Waals surface area contributed by atoms with Gasteiger partial charge in [0.25, 0.3) is 10.1 Å². The molecule has 0 aromatic heterocycles. The Bertz CT molecular complexity index is 260. The van der Waals surface area contributed by atoms with Crippen LogP contribution in [0, 0.1) is 0 Å². The highest BCUT2D eigenvalue weighted by Gasteiger charge is 2.10. The topological polar surface area (TPSA) is 80.7 Å². The molecule has 0 saturated heterocycles. The predicted octanol–water partition coefficient (Wildman–Crippen LogP) is 0.923. The average molecular weight is 340 g/mol. The average Bonchev–Trinajstić information content (AvgIpc) is 1.81.